The number of carbonyl (C=O) groups is 2. The maximum absolute atomic E-state index is 12.8. The molecule has 0 spiro atoms. The summed E-state index contributed by atoms with van der Waals surface area (Å²) in [6, 6.07) is 1.13. The minimum Gasteiger partial charge on any atom is -0.465 e. The predicted molar refractivity (Wildman–Crippen MR) is 153 cm³/mol. The molecule has 2 fully saturated rings. The van der Waals surface area contributed by atoms with Crippen molar-refractivity contribution in [2.45, 2.75) is 58.4 Å². The molecular formula is C26H35ClN10O3. The minimum atomic E-state index is -1.42. The zero-order valence-corrected chi connectivity index (χ0v) is 23.3. The zero-order valence-electron chi connectivity index (χ0n) is 22.6. The van der Waals surface area contributed by atoms with Gasteiger partial charge in [-0.25, -0.2) is 19.8 Å². The Morgan fingerprint density at radius 1 is 1.12 bits per heavy atom. The fourth-order valence-electron chi connectivity index (χ4n) is 5.09. The summed E-state index contributed by atoms with van der Waals surface area (Å²) in [6.07, 6.45) is 7.49. The van der Waals surface area contributed by atoms with Crippen LogP contribution < -0.4 is 21.4 Å². The Morgan fingerprint density at radius 3 is 2.55 bits per heavy atom. The zero-order chi connectivity index (χ0) is 28.8. The molecule has 2 aromatic heterocycles. The number of anilines is 2. The number of hydrogen-bond acceptors (Lipinski definition) is 10. The first kappa shape index (κ1) is 29.2. The summed E-state index contributed by atoms with van der Waals surface area (Å²) in [5.74, 6) is 0.516. The van der Waals surface area contributed by atoms with Crippen LogP contribution in [0.25, 0.3) is 11.3 Å². The third-order valence-corrected chi connectivity index (χ3v) is 7.37. The van der Waals surface area contributed by atoms with Crippen molar-refractivity contribution in [1.29, 1.82) is 10.8 Å². The molecule has 2 aromatic rings. The minimum absolute atomic E-state index is 0.0502. The van der Waals surface area contributed by atoms with E-state index >= 15 is 0 Å². The molecule has 1 aliphatic heterocycles. The molecule has 1 saturated carbocycles. The van der Waals surface area contributed by atoms with Gasteiger partial charge in [-0.3, -0.25) is 25.9 Å². The summed E-state index contributed by atoms with van der Waals surface area (Å²) in [5.41, 5.74) is 4.72. The van der Waals surface area contributed by atoms with Crippen LogP contribution >= 0.6 is 11.6 Å². The van der Waals surface area contributed by atoms with Gasteiger partial charge in [0, 0.05) is 31.0 Å². The highest BCUT2D eigenvalue weighted by Crippen LogP contribution is 2.35. The van der Waals surface area contributed by atoms with Gasteiger partial charge in [0.2, 0.25) is 5.91 Å². The first-order valence-corrected chi connectivity index (χ1v) is 13.7. The number of rotatable bonds is 8. The van der Waals surface area contributed by atoms with Gasteiger partial charge < -0.3 is 21.2 Å². The Balaban J connectivity index is 1.76. The quantitative estimate of drug-likeness (QED) is 0.182. The number of carboxylic acid groups (broad SMARTS) is 1. The van der Waals surface area contributed by atoms with Crippen LogP contribution in [0.3, 0.4) is 0 Å². The number of hydrazine groups is 1. The summed E-state index contributed by atoms with van der Waals surface area (Å²) in [7, 11) is 0. The highest BCUT2D eigenvalue weighted by Gasteiger charge is 2.33. The van der Waals surface area contributed by atoms with E-state index in [1.165, 1.54) is 13.1 Å². The lowest BCUT2D eigenvalue weighted by Gasteiger charge is -2.29. The maximum Gasteiger partial charge on any atom is 0.410 e. The van der Waals surface area contributed by atoms with E-state index < -0.39 is 18.0 Å². The molecule has 1 saturated heterocycles. The van der Waals surface area contributed by atoms with Crippen molar-refractivity contribution in [1.82, 2.24) is 30.6 Å². The molecule has 4 rings (SSSR count). The summed E-state index contributed by atoms with van der Waals surface area (Å²) in [6.45, 7) is 4.97. The van der Waals surface area contributed by atoms with Crippen LogP contribution in [-0.4, -0.2) is 67.9 Å². The van der Waals surface area contributed by atoms with Crippen molar-refractivity contribution in [3.8, 4) is 11.3 Å². The van der Waals surface area contributed by atoms with Gasteiger partial charge in [-0.05, 0) is 50.5 Å². The Kier molecular flexibility index (Phi) is 9.48. The second-order valence-corrected chi connectivity index (χ2v) is 10.8. The van der Waals surface area contributed by atoms with Gasteiger partial charge in [0.1, 0.15) is 17.4 Å². The van der Waals surface area contributed by atoms with E-state index in [2.05, 4.69) is 37.9 Å². The molecule has 3 heterocycles. The van der Waals surface area contributed by atoms with E-state index in [1.54, 1.807) is 17.3 Å². The van der Waals surface area contributed by atoms with Gasteiger partial charge in [-0.2, -0.15) is 0 Å². The first-order chi connectivity index (χ1) is 19.1. The van der Waals surface area contributed by atoms with Crippen LogP contribution in [0.1, 0.15) is 58.2 Å². The number of aromatic nitrogens is 3. The standard InChI is InChI=1S/C26H35ClN10O3/c1-14-5-7-16(8-6-14)11-31-21-20(17-10-18(27)13-30-12-17)33-24(22(29)34-26(39)40)35-23(21)36-37-9-3-4-19(37)25(38)32-15(2)28/h10,12-14,16,19,31H,3-9,11H2,1-2H3,(H2,29,34)(H,39,40)(H2,28,32,38)(H,33,35,36). The van der Waals surface area contributed by atoms with Gasteiger partial charge in [-0.1, -0.05) is 31.4 Å². The molecular weight excluding hydrogens is 536 g/mol. The number of halogens is 1. The summed E-state index contributed by atoms with van der Waals surface area (Å²) in [5, 5.41) is 35.3. The molecule has 1 unspecified atom stereocenters. The Bertz CT molecular complexity index is 1280. The fourth-order valence-corrected chi connectivity index (χ4v) is 5.26. The van der Waals surface area contributed by atoms with Crippen LogP contribution in [0.5, 0.6) is 0 Å². The van der Waals surface area contributed by atoms with Crippen LogP contribution in [0, 0.1) is 22.7 Å². The maximum atomic E-state index is 12.8. The van der Waals surface area contributed by atoms with Crippen LogP contribution in [0.15, 0.2) is 18.5 Å². The SMILES string of the molecule is CC(=N)NC(=O)C1CCCN1Nc1nc(C(=N)NC(=O)O)nc(-c2cncc(Cl)c2)c1NCC1CCC(C)CC1. The largest absolute Gasteiger partial charge is 0.465 e. The van der Waals surface area contributed by atoms with Gasteiger partial charge in [0.05, 0.1) is 10.9 Å². The Labute approximate surface area is 237 Å². The van der Waals surface area contributed by atoms with Gasteiger partial charge in [0.15, 0.2) is 17.5 Å². The highest BCUT2D eigenvalue weighted by molar-refractivity contribution is 6.30. The van der Waals surface area contributed by atoms with E-state index in [-0.39, 0.29) is 23.4 Å². The number of amidine groups is 2. The Hall–Kier alpha value is -3.84. The molecule has 1 atom stereocenters. The first-order valence-electron chi connectivity index (χ1n) is 13.4. The molecule has 2 aliphatic rings. The fraction of sp³-hybridized carbons (Fsp3) is 0.500. The van der Waals surface area contributed by atoms with E-state index in [0.717, 1.165) is 32.1 Å². The number of amides is 2. The van der Waals surface area contributed by atoms with E-state index in [9.17, 15) is 14.7 Å². The van der Waals surface area contributed by atoms with Crippen molar-refractivity contribution in [2.24, 2.45) is 11.8 Å². The third-order valence-electron chi connectivity index (χ3n) is 7.16. The molecule has 40 heavy (non-hydrogen) atoms. The van der Waals surface area contributed by atoms with Gasteiger partial charge in [-0.15, -0.1) is 0 Å². The average Bonchev–Trinajstić information content (AvgIpc) is 3.36. The van der Waals surface area contributed by atoms with Crippen LogP contribution in [-0.2, 0) is 4.79 Å². The van der Waals surface area contributed by atoms with Crippen molar-refractivity contribution in [3.63, 3.8) is 0 Å². The molecule has 1 aliphatic carbocycles. The van der Waals surface area contributed by atoms with Crippen molar-refractivity contribution >= 4 is 46.8 Å². The molecule has 0 radical (unpaired) electrons. The normalized spacial score (nSPS) is 20.9. The molecule has 13 nitrogen and oxygen atoms in total. The lowest BCUT2D eigenvalue weighted by atomic mass is 9.83. The lowest BCUT2D eigenvalue weighted by Crippen LogP contribution is -2.47. The summed E-state index contributed by atoms with van der Waals surface area (Å²) in [4.78, 5) is 37.4. The van der Waals surface area contributed by atoms with E-state index in [4.69, 9.17) is 22.4 Å². The number of nitrogens with one attached hydrogen (secondary N) is 6. The molecule has 0 bridgehead atoms. The van der Waals surface area contributed by atoms with E-state index in [0.29, 0.717) is 53.3 Å². The number of pyridine rings is 1. The van der Waals surface area contributed by atoms with Crippen molar-refractivity contribution < 1.29 is 14.7 Å². The number of carbonyl (C=O) groups excluding carboxylic acids is 1. The Morgan fingerprint density at radius 2 is 1.88 bits per heavy atom. The number of nitrogens with zero attached hydrogens (tertiary/aromatic N) is 4. The smallest absolute Gasteiger partial charge is 0.410 e. The number of hydrogen-bond donors (Lipinski definition) is 7. The van der Waals surface area contributed by atoms with Crippen LogP contribution in [0.4, 0.5) is 16.3 Å². The van der Waals surface area contributed by atoms with Crippen LogP contribution in [0.2, 0.25) is 5.02 Å². The average molecular weight is 571 g/mol. The summed E-state index contributed by atoms with van der Waals surface area (Å²) >= 11 is 6.26. The topological polar surface area (TPSA) is 192 Å². The monoisotopic (exact) mass is 570 g/mol. The molecule has 14 heteroatoms. The molecule has 214 valence electrons. The molecule has 0 aromatic carbocycles. The van der Waals surface area contributed by atoms with Gasteiger partial charge in [0.25, 0.3) is 0 Å². The third kappa shape index (κ3) is 7.42. The second-order valence-electron chi connectivity index (χ2n) is 10.4. The second kappa shape index (κ2) is 13.0. The van der Waals surface area contributed by atoms with Gasteiger partial charge >= 0.3 is 6.09 Å². The predicted octanol–water partition coefficient (Wildman–Crippen LogP) is 3.93. The molecule has 7 N–H and O–H groups in total. The molecule has 2 amide bonds. The summed E-state index contributed by atoms with van der Waals surface area (Å²) < 4.78 is 0. The lowest BCUT2D eigenvalue weighted by molar-refractivity contribution is -0.123. The van der Waals surface area contributed by atoms with Crippen molar-refractivity contribution in [3.05, 3.63) is 29.3 Å². The van der Waals surface area contributed by atoms with Crippen molar-refractivity contribution in [2.75, 3.05) is 23.8 Å². The van der Waals surface area contributed by atoms with E-state index in [1.807, 2.05) is 5.32 Å². The highest BCUT2D eigenvalue weighted by atomic mass is 35.5.